The van der Waals surface area contributed by atoms with Crippen molar-refractivity contribution in [3.8, 4) is 0 Å². The fraction of sp³-hybridized carbons (Fsp3) is 0.929. The summed E-state index contributed by atoms with van der Waals surface area (Å²) in [5.74, 6) is 0. The van der Waals surface area contributed by atoms with Gasteiger partial charge in [-0.25, -0.2) is 4.79 Å². The molecule has 0 saturated carbocycles. The monoisotopic (exact) mass is 257 g/mol. The predicted molar refractivity (Wildman–Crippen MR) is 71.7 cm³/mol. The lowest BCUT2D eigenvalue weighted by atomic mass is 9.90. The maximum Gasteiger partial charge on any atom is 0.410 e. The second-order valence-electron chi connectivity index (χ2n) is 5.98. The lowest BCUT2D eigenvalue weighted by Gasteiger charge is -2.42. The lowest BCUT2D eigenvalue weighted by molar-refractivity contribution is -0.0890. The SMILES string of the molecule is CCOC1(CC)CCCN(C(=O)OC(C)(C)C)C1. The van der Waals surface area contributed by atoms with Gasteiger partial charge < -0.3 is 14.4 Å². The Balaban J connectivity index is 2.65. The highest BCUT2D eigenvalue weighted by atomic mass is 16.6. The van der Waals surface area contributed by atoms with Crippen LogP contribution in [0.3, 0.4) is 0 Å². The molecule has 1 aliphatic rings. The highest BCUT2D eigenvalue weighted by molar-refractivity contribution is 5.68. The van der Waals surface area contributed by atoms with Crippen LogP contribution in [0.5, 0.6) is 0 Å². The van der Waals surface area contributed by atoms with Crippen molar-refractivity contribution in [3.63, 3.8) is 0 Å². The first-order valence-corrected chi connectivity index (χ1v) is 6.94. The molecule has 106 valence electrons. The summed E-state index contributed by atoms with van der Waals surface area (Å²) >= 11 is 0. The van der Waals surface area contributed by atoms with E-state index in [-0.39, 0.29) is 11.7 Å². The summed E-state index contributed by atoms with van der Waals surface area (Å²) in [5, 5.41) is 0. The number of carbonyl (C=O) groups excluding carboxylic acids is 1. The summed E-state index contributed by atoms with van der Waals surface area (Å²) < 4.78 is 11.3. The van der Waals surface area contributed by atoms with Gasteiger partial charge in [-0.3, -0.25) is 0 Å². The van der Waals surface area contributed by atoms with Crippen LogP contribution >= 0.6 is 0 Å². The summed E-state index contributed by atoms with van der Waals surface area (Å²) in [5.41, 5.74) is -0.612. The summed E-state index contributed by atoms with van der Waals surface area (Å²) in [6.45, 7) is 11.9. The van der Waals surface area contributed by atoms with Crippen LogP contribution in [0.2, 0.25) is 0 Å². The van der Waals surface area contributed by atoms with Crippen molar-refractivity contribution in [2.45, 2.75) is 65.1 Å². The van der Waals surface area contributed by atoms with Crippen molar-refractivity contribution < 1.29 is 14.3 Å². The Bertz CT molecular complexity index is 281. The third-order valence-electron chi connectivity index (χ3n) is 3.29. The molecule has 1 aliphatic heterocycles. The minimum atomic E-state index is -0.435. The Morgan fingerprint density at radius 1 is 1.33 bits per heavy atom. The molecule has 1 fully saturated rings. The Hall–Kier alpha value is -0.770. The molecular formula is C14H27NO3. The summed E-state index contributed by atoms with van der Waals surface area (Å²) in [6.07, 6.45) is 2.71. The molecular weight excluding hydrogens is 230 g/mol. The fourth-order valence-corrected chi connectivity index (χ4v) is 2.39. The summed E-state index contributed by atoms with van der Waals surface area (Å²) in [6, 6.07) is 0. The molecule has 0 radical (unpaired) electrons. The number of hydrogen-bond acceptors (Lipinski definition) is 3. The third kappa shape index (κ3) is 4.16. The van der Waals surface area contributed by atoms with E-state index < -0.39 is 5.60 Å². The van der Waals surface area contributed by atoms with Crippen molar-refractivity contribution in [1.29, 1.82) is 0 Å². The van der Waals surface area contributed by atoms with Gasteiger partial charge in [0.2, 0.25) is 0 Å². The fourth-order valence-electron chi connectivity index (χ4n) is 2.39. The van der Waals surface area contributed by atoms with Gasteiger partial charge in [0.1, 0.15) is 5.60 Å². The average molecular weight is 257 g/mol. The van der Waals surface area contributed by atoms with Gasteiger partial charge in [0.15, 0.2) is 0 Å². The molecule has 18 heavy (non-hydrogen) atoms. The van der Waals surface area contributed by atoms with Crippen LogP contribution in [-0.4, -0.2) is 41.9 Å². The molecule has 0 aliphatic carbocycles. The van der Waals surface area contributed by atoms with Crippen LogP contribution in [-0.2, 0) is 9.47 Å². The third-order valence-corrected chi connectivity index (χ3v) is 3.29. The van der Waals surface area contributed by atoms with Gasteiger partial charge in [0.05, 0.1) is 12.1 Å². The second-order valence-corrected chi connectivity index (χ2v) is 5.98. The van der Waals surface area contributed by atoms with Gasteiger partial charge in [0.25, 0.3) is 0 Å². The van der Waals surface area contributed by atoms with Crippen molar-refractivity contribution in [2.75, 3.05) is 19.7 Å². The molecule has 0 aromatic carbocycles. The van der Waals surface area contributed by atoms with Gasteiger partial charge in [-0.05, 0) is 47.0 Å². The van der Waals surface area contributed by atoms with Crippen LogP contribution in [0.1, 0.15) is 53.9 Å². The maximum absolute atomic E-state index is 12.1. The molecule has 1 unspecified atom stereocenters. The smallest absolute Gasteiger partial charge is 0.410 e. The minimum Gasteiger partial charge on any atom is -0.444 e. The zero-order chi connectivity index (χ0) is 13.8. The first-order valence-electron chi connectivity index (χ1n) is 6.94. The van der Waals surface area contributed by atoms with Crippen LogP contribution in [0.25, 0.3) is 0 Å². The Morgan fingerprint density at radius 2 is 2.00 bits per heavy atom. The number of likely N-dealkylation sites (tertiary alicyclic amines) is 1. The van der Waals surface area contributed by atoms with E-state index in [1.807, 2.05) is 27.7 Å². The first-order chi connectivity index (χ1) is 8.32. The van der Waals surface area contributed by atoms with Crippen molar-refractivity contribution in [3.05, 3.63) is 0 Å². The van der Waals surface area contributed by atoms with Crippen LogP contribution in [0, 0.1) is 0 Å². The highest BCUT2D eigenvalue weighted by Gasteiger charge is 2.37. The molecule has 1 heterocycles. The van der Waals surface area contributed by atoms with E-state index in [2.05, 4.69) is 6.92 Å². The van der Waals surface area contributed by atoms with E-state index in [9.17, 15) is 4.79 Å². The molecule has 0 aromatic rings. The molecule has 1 amide bonds. The van der Waals surface area contributed by atoms with Gasteiger partial charge in [-0.1, -0.05) is 6.92 Å². The largest absolute Gasteiger partial charge is 0.444 e. The molecule has 1 rings (SSSR count). The van der Waals surface area contributed by atoms with Gasteiger partial charge in [0, 0.05) is 13.2 Å². The van der Waals surface area contributed by atoms with E-state index in [4.69, 9.17) is 9.47 Å². The molecule has 0 N–H and O–H groups in total. The van der Waals surface area contributed by atoms with Crippen molar-refractivity contribution in [2.24, 2.45) is 0 Å². The number of nitrogens with zero attached hydrogens (tertiary/aromatic N) is 1. The molecule has 4 nitrogen and oxygen atoms in total. The Labute approximate surface area is 111 Å². The Morgan fingerprint density at radius 3 is 2.50 bits per heavy atom. The normalized spacial score (nSPS) is 25.1. The zero-order valence-corrected chi connectivity index (χ0v) is 12.4. The van der Waals surface area contributed by atoms with E-state index in [0.717, 1.165) is 25.8 Å². The van der Waals surface area contributed by atoms with Crippen molar-refractivity contribution >= 4 is 6.09 Å². The summed E-state index contributed by atoms with van der Waals surface area (Å²) in [4.78, 5) is 13.9. The van der Waals surface area contributed by atoms with E-state index >= 15 is 0 Å². The molecule has 4 heteroatoms. The average Bonchev–Trinajstić information content (AvgIpc) is 2.27. The summed E-state index contributed by atoms with van der Waals surface area (Å²) in [7, 11) is 0. The topological polar surface area (TPSA) is 38.8 Å². The lowest BCUT2D eigenvalue weighted by Crippen LogP contribution is -2.52. The number of amides is 1. The minimum absolute atomic E-state index is 0.177. The van der Waals surface area contributed by atoms with E-state index in [1.54, 1.807) is 4.90 Å². The molecule has 0 bridgehead atoms. The Kier molecular flexibility index (Phi) is 5.02. The number of hydrogen-bond donors (Lipinski definition) is 0. The standard InChI is InChI=1S/C14H27NO3/c1-6-14(17-7-2)9-8-10-15(11-14)12(16)18-13(3,4)5/h6-11H2,1-5H3. The van der Waals surface area contributed by atoms with E-state index in [1.165, 1.54) is 0 Å². The number of ether oxygens (including phenoxy) is 2. The van der Waals surface area contributed by atoms with Crippen LogP contribution in [0.4, 0.5) is 4.79 Å². The molecule has 1 atom stereocenters. The second kappa shape index (κ2) is 5.91. The first kappa shape index (κ1) is 15.3. The quantitative estimate of drug-likeness (QED) is 0.779. The van der Waals surface area contributed by atoms with Gasteiger partial charge in [-0.2, -0.15) is 0 Å². The maximum atomic E-state index is 12.1. The van der Waals surface area contributed by atoms with Gasteiger partial charge >= 0.3 is 6.09 Å². The van der Waals surface area contributed by atoms with Crippen LogP contribution < -0.4 is 0 Å². The number of carbonyl (C=O) groups is 1. The molecule has 0 aromatic heterocycles. The van der Waals surface area contributed by atoms with E-state index in [0.29, 0.717) is 13.2 Å². The molecule has 0 spiro atoms. The van der Waals surface area contributed by atoms with Gasteiger partial charge in [-0.15, -0.1) is 0 Å². The van der Waals surface area contributed by atoms with Crippen molar-refractivity contribution in [1.82, 2.24) is 4.90 Å². The molecule has 1 saturated heterocycles. The highest BCUT2D eigenvalue weighted by Crippen LogP contribution is 2.29. The predicted octanol–water partition coefficient (Wildman–Crippen LogP) is 3.20. The zero-order valence-electron chi connectivity index (χ0n) is 12.4. The van der Waals surface area contributed by atoms with Crippen LogP contribution in [0.15, 0.2) is 0 Å². The number of rotatable bonds is 3. The number of piperidine rings is 1.